The summed E-state index contributed by atoms with van der Waals surface area (Å²) in [5, 5.41) is 2.33. The fraction of sp³-hybridized carbons (Fsp3) is 0.750. The van der Waals surface area contributed by atoms with E-state index in [0.29, 0.717) is 12.5 Å². The number of imide groups is 1. The van der Waals surface area contributed by atoms with Gasteiger partial charge in [-0.25, -0.2) is 9.79 Å². The van der Waals surface area contributed by atoms with Crippen LogP contribution >= 0.6 is 0 Å². The highest BCUT2D eigenvalue weighted by atomic mass is 16.5. The maximum absolute atomic E-state index is 12.1. The van der Waals surface area contributed by atoms with Crippen molar-refractivity contribution in [1.82, 2.24) is 20.0 Å². The predicted molar refractivity (Wildman–Crippen MR) is 74.5 cm³/mol. The minimum Gasteiger partial charge on any atom is -0.379 e. The Labute approximate surface area is 122 Å². The van der Waals surface area contributed by atoms with Crippen LogP contribution in [0.25, 0.3) is 0 Å². The van der Waals surface area contributed by atoms with E-state index in [-0.39, 0.29) is 5.91 Å². The molecular formula is C12H20N6O3. The Morgan fingerprint density at radius 3 is 2.76 bits per heavy atom. The second-order valence-corrected chi connectivity index (χ2v) is 5.40. The Kier molecular flexibility index (Phi) is 3.68. The van der Waals surface area contributed by atoms with E-state index in [2.05, 4.69) is 15.2 Å². The van der Waals surface area contributed by atoms with Gasteiger partial charge in [-0.2, -0.15) is 0 Å². The van der Waals surface area contributed by atoms with Crippen LogP contribution in [0, 0.1) is 0 Å². The summed E-state index contributed by atoms with van der Waals surface area (Å²) in [6, 6.07) is -0.971. The molecular weight excluding hydrogens is 276 g/mol. The summed E-state index contributed by atoms with van der Waals surface area (Å²) in [6.07, 6.45) is -0.532. The van der Waals surface area contributed by atoms with Gasteiger partial charge in [0.15, 0.2) is 18.2 Å². The van der Waals surface area contributed by atoms with Gasteiger partial charge in [-0.15, -0.1) is 0 Å². The van der Waals surface area contributed by atoms with E-state index < -0.39 is 18.2 Å². The summed E-state index contributed by atoms with van der Waals surface area (Å²) in [7, 11) is 1.61. The predicted octanol–water partition coefficient (Wildman–Crippen LogP) is -2.17. The highest BCUT2D eigenvalue weighted by Crippen LogP contribution is 2.22. The average Bonchev–Trinajstić information content (AvgIpc) is 2.81. The molecule has 2 unspecified atom stereocenters. The largest absolute Gasteiger partial charge is 0.379 e. The Morgan fingerprint density at radius 1 is 1.33 bits per heavy atom. The lowest BCUT2D eigenvalue weighted by Crippen LogP contribution is -2.64. The molecule has 0 aromatic rings. The molecule has 116 valence electrons. The highest BCUT2D eigenvalue weighted by Gasteiger charge is 2.47. The topological polar surface area (TPSA) is 104 Å². The first-order valence-corrected chi connectivity index (χ1v) is 7.05. The lowest BCUT2D eigenvalue weighted by Gasteiger charge is -2.37. The molecule has 0 radical (unpaired) electrons. The molecule has 0 bridgehead atoms. The second kappa shape index (κ2) is 5.49. The summed E-state index contributed by atoms with van der Waals surface area (Å²) in [5.41, 5.74) is 5.94. The molecule has 0 saturated carbocycles. The van der Waals surface area contributed by atoms with Crippen LogP contribution in [0.15, 0.2) is 4.99 Å². The third-order valence-corrected chi connectivity index (χ3v) is 4.15. The Morgan fingerprint density at radius 2 is 2.05 bits per heavy atom. The Balaban J connectivity index is 1.66. The zero-order valence-electron chi connectivity index (χ0n) is 12.0. The molecule has 3 heterocycles. The second-order valence-electron chi connectivity index (χ2n) is 5.40. The molecule has 21 heavy (non-hydrogen) atoms. The van der Waals surface area contributed by atoms with Gasteiger partial charge in [0.2, 0.25) is 0 Å². The summed E-state index contributed by atoms with van der Waals surface area (Å²) < 4.78 is 5.31. The summed E-state index contributed by atoms with van der Waals surface area (Å²) in [5.74, 6) is -0.0239. The van der Waals surface area contributed by atoms with Crippen molar-refractivity contribution >= 4 is 17.9 Å². The quantitative estimate of drug-likeness (QED) is 0.614. The van der Waals surface area contributed by atoms with Crippen LogP contribution < -0.4 is 11.1 Å². The van der Waals surface area contributed by atoms with Crippen LogP contribution in [0.4, 0.5) is 4.79 Å². The van der Waals surface area contributed by atoms with Gasteiger partial charge in [0, 0.05) is 33.2 Å². The number of aliphatic imine (C=N–C) groups is 1. The minimum atomic E-state index is -0.534. The summed E-state index contributed by atoms with van der Waals surface area (Å²) in [6.45, 7) is 4.60. The van der Waals surface area contributed by atoms with Gasteiger partial charge < -0.3 is 20.3 Å². The van der Waals surface area contributed by atoms with Gasteiger partial charge in [-0.05, 0) is 0 Å². The van der Waals surface area contributed by atoms with Crippen molar-refractivity contribution in [3.8, 4) is 0 Å². The molecule has 9 heteroatoms. The van der Waals surface area contributed by atoms with Crippen molar-refractivity contribution in [3.63, 3.8) is 0 Å². The first-order valence-electron chi connectivity index (χ1n) is 7.05. The molecule has 3 amide bonds. The average molecular weight is 296 g/mol. The highest BCUT2D eigenvalue weighted by molar-refractivity contribution is 6.03. The van der Waals surface area contributed by atoms with E-state index in [1.54, 1.807) is 11.9 Å². The Bertz CT molecular complexity index is 476. The van der Waals surface area contributed by atoms with Crippen molar-refractivity contribution in [3.05, 3.63) is 0 Å². The number of nitrogens with two attached hydrogens (primary N) is 1. The number of rotatable bonds is 3. The van der Waals surface area contributed by atoms with Crippen LogP contribution in [0.3, 0.4) is 0 Å². The smallest absolute Gasteiger partial charge is 0.325 e. The van der Waals surface area contributed by atoms with E-state index in [4.69, 9.17) is 10.5 Å². The summed E-state index contributed by atoms with van der Waals surface area (Å²) >= 11 is 0. The first-order chi connectivity index (χ1) is 10.1. The number of fused-ring (bicyclic) bond motifs is 1. The van der Waals surface area contributed by atoms with Crippen molar-refractivity contribution in [2.24, 2.45) is 10.7 Å². The number of nitrogens with zero attached hydrogens (tertiary/aromatic N) is 4. The monoisotopic (exact) mass is 296 g/mol. The lowest BCUT2D eigenvalue weighted by atomic mass is 10.1. The van der Waals surface area contributed by atoms with Crippen molar-refractivity contribution in [1.29, 1.82) is 0 Å². The number of ether oxygens (including phenoxy) is 1. The standard InChI is InChI=1S/C12H20N6O3/c1-16-9-8(10(19)15-12(16)20)18(11(13)14-9)3-2-17-4-6-21-7-5-17/h8-9H,2-7H2,1H3,(H2,13,14)(H,15,19,20). The van der Waals surface area contributed by atoms with E-state index in [1.165, 1.54) is 4.90 Å². The number of carbonyl (C=O) groups is 2. The molecule has 0 aromatic heterocycles. The van der Waals surface area contributed by atoms with Crippen LogP contribution in [0.1, 0.15) is 0 Å². The van der Waals surface area contributed by atoms with E-state index in [1.807, 2.05) is 0 Å². The third kappa shape index (κ3) is 2.54. The van der Waals surface area contributed by atoms with E-state index in [0.717, 1.165) is 32.8 Å². The van der Waals surface area contributed by atoms with Gasteiger partial charge in [0.05, 0.1) is 13.2 Å². The van der Waals surface area contributed by atoms with Gasteiger partial charge in [-0.3, -0.25) is 15.0 Å². The van der Waals surface area contributed by atoms with Crippen molar-refractivity contribution < 1.29 is 14.3 Å². The van der Waals surface area contributed by atoms with Crippen LogP contribution in [0.5, 0.6) is 0 Å². The number of hydrogen-bond donors (Lipinski definition) is 2. The normalized spacial score (nSPS) is 30.2. The molecule has 0 aromatic carbocycles. The lowest BCUT2D eigenvalue weighted by molar-refractivity contribution is -0.127. The maximum atomic E-state index is 12.1. The maximum Gasteiger partial charge on any atom is 0.325 e. The van der Waals surface area contributed by atoms with E-state index in [9.17, 15) is 9.59 Å². The number of hydrogen-bond acceptors (Lipinski definition) is 7. The van der Waals surface area contributed by atoms with Crippen LogP contribution in [-0.2, 0) is 9.53 Å². The fourth-order valence-electron chi connectivity index (χ4n) is 2.87. The number of guanidine groups is 1. The van der Waals surface area contributed by atoms with Gasteiger partial charge in [-0.1, -0.05) is 0 Å². The Hall–Kier alpha value is -1.87. The summed E-state index contributed by atoms with van der Waals surface area (Å²) in [4.78, 5) is 33.4. The molecule has 0 spiro atoms. The van der Waals surface area contributed by atoms with Gasteiger partial charge >= 0.3 is 6.03 Å². The molecule has 3 N–H and O–H groups in total. The van der Waals surface area contributed by atoms with Crippen molar-refractivity contribution in [2.45, 2.75) is 12.2 Å². The number of carbonyl (C=O) groups excluding carboxylic acids is 2. The number of amides is 3. The zero-order chi connectivity index (χ0) is 15.0. The molecule has 2 fully saturated rings. The molecule has 2 saturated heterocycles. The molecule has 3 aliphatic rings. The van der Waals surface area contributed by atoms with Gasteiger partial charge in [0.25, 0.3) is 5.91 Å². The number of likely N-dealkylation sites (N-methyl/N-ethyl adjacent to an activating group) is 1. The molecule has 3 rings (SSSR count). The van der Waals surface area contributed by atoms with Crippen LogP contribution in [0.2, 0.25) is 0 Å². The third-order valence-electron chi connectivity index (χ3n) is 4.15. The number of nitrogens with one attached hydrogen (secondary N) is 1. The molecule has 0 aliphatic carbocycles. The number of urea groups is 1. The van der Waals surface area contributed by atoms with Crippen molar-refractivity contribution in [2.75, 3.05) is 46.4 Å². The van der Waals surface area contributed by atoms with E-state index >= 15 is 0 Å². The zero-order valence-corrected chi connectivity index (χ0v) is 12.0. The number of morpholine rings is 1. The molecule has 9 nitrogen and oxygen atoms in total. The SMILES string of the molecule is CN1C(=O)NC(=O)C2C1N=C(N)N2CCN1CCOCC1. The first kappa shape index (κ1) is 14.1. The van der Waals surface area contributed by atoms with Crippen LogP contribution in [-0.4, -0.2) is 91.2 Å². The minimum absolute atomic E-state index is 0.315. The fourth-order valence-corrected chi connectivity index (χ4v) is 2.87. The molecule has 2 atom stereocenters. The van der Waals surface area contributed by atoms with Gasteiger partial charge in [0.1, 0.15) is 0 Å². The molecule has 3 aliphatic heterocycles.